The van der Waals surface area contributed by atoms with E-state index >= 15 is 0 Å². The second-order valence-corrected chi connectivity index (χ2v) is 4.79. The molecule has 19 heavy (non-hydrogen) atoms. The summed E-state index contributed by atoms with van der Waals surface area (Å²) in [5.74, 6) is -0.716. The van der Waals surface area contributed by atoms with Crippen molar-refractivity contribution in [1.29, 1.82) is 0 Å². The number of hydrogen-bond donors (Lipinski definition) is 2. The van der Waals surface area contributed by atoms with Crippen LogP contribution in [0.5, 0.6) is 0 Å². The zero-order chi connectivity index (χ0) is 14.2. The summed E-state index contributed by atoms with van der Waals surface area (Å²) in [7, 11) is 0. The molecule has 0 aliphatic carbocycles. The molecule has 0 bridgehead atoms. The number of hydrogen-bond acceptors (Lipinski definition) is 2. The first-order chi connectivity index (χ1) is 8.88. The average molecular weight is 256 g/mol. The monoisotopic (exact) mass is 256 g/mol. The van der Waals surface area contributed by atoms with E-state index in [1.165, 1.54) is 0 Å². The molecule has 0 spiro atoms. The van der Waals surface area contributed by atoms with Crippen LogP contribution >= 0.6 is 0 Å². The fraction of sp³-hybridized carbons (Fsp3) is 0.200. The Kier molecular flexibility index (Phi) is 3.25. The van der Waals surface area contributed by atoms with Gasteiger partial charge in [-0.15, -0.1) is 0 Å². The van der Waals surface area contributed by atoms with E-state index in [0.717, 1.165) is 27.9 Å². The molecule has 0 aliphatic heterocycles. The van der Waals surface area contributed by atoms with E-state index in [1.807, 2.05) is 26.0 Å². The third-order valence-corrected chi connectivity index (χ3v) is 3.04. The molecule has 0 saturated heterocycles. The number of H-pyrrole nitrogens is 1. The summed E-state index contributed by atoms with van der Waals surface area (Å²) in [5.41, 5.74) is 9.51. The predicted molar refractivity (Wildman–Crippen MR) is 75.2 cm³/mol. The van der Waals surface area contributed by atoms with Crippen LogP contribution in [0.2, 0.25) is 0 Å². The molecule has 2 aromatic rings. The van der Waals surface area contributed by atoms with E-state index in [1.54, 1.807) is 13.0 Å². The Morgan fingerprint density at radius 3 is 2.16 bits per heavy atom. The fourth-order valence-electron chi connectivity index (χ4n) is 2.24. The van der Waals surface area contributed by atoms with Gasteiger partial charge in [-0.1, -0.05) is 29.3 Å². The van der Waals surface area contributed by atoms with E-state index in [4.69, 9.17) is 5.73 Å². The molecule has 1 aromatic carbocycles. The molecule has 0 aliphatic rings. The lowest BCUT2D eigenvalue weighted by molar-refractivity contribution is 0.0999. The summed E-state index contributed by atoms with van der Waals surface area (Å²) in [5, 5.41) is 0. The second kappa shape index (κ2) is 4.72. The SMILES string of the molecule is Cc1cc(C)cc(-c2cc(C(N)=O)c(=O)[nH]c2C)c1. The van der Waals surface area contributed by atoms with Crippen LogP contribution in [-0.4, -0.2) is 10.9 Å². The van der Waals surface area contributed by atoms with Gasteiger partial charge in [0.25, 0.3) is 11.5 Å². The van der Waals surface area contributed by atoms with Gasteiger partial charge in [-0.05, 0) is 32.4 Å². The van der Waals surface area contributed by atoms with Gasteiger partial charge in [0.1, 0.15) is 5.56 Å². The Labute approximate surface area is 111 Å². The van der Waals surface area contributed by atoms with Crippen molar-refractivity contribution in [2.45, 2.75) is 20.8 Å². The molecule has 1 heterocycles. The molecule has 0 fully saturated rings. The fourth-order valence-corrected chi connectivity index (χ4v) is 2.24. The number of amides is 1. The lowest BCUT2D eigenvalue weighted by Crippen LogP contribution is -2.24. The molecular formula is C15H16N2O2. The number of primary amides is 1. The summed E-state index contributed by atoms with van der Waals surface area (Å²) in [4.78, 5) is 25.6. The summed E-state index contributed by atoms with van der Waals surface area (Å²) in [6, 6.07) is 7.65. The van der Waals surface area contributed by atoms with E-state index in [9.17, 15) is 9.59 Å². The van der Waals surface area contributed by atoms with Gasteiger partial charge in [-0.3, -0.25) is 9.59 Å². The highest BCUT2D eigenvalue weighted by atomic mass is 16.2. The van der Waals surface area contributed by atoms with Crippen LogP contribution in [0.1, 0.15) is 27.2 Å². The van der Waals surface area contributed by atoms with Crippen LogP contribution in [0.4, 0.5) is 0 Å². The van der Waals surface area contributed by atoms with Crippen molar-refractivity contribution < 1.29 is 4.79 Å². The number of aryl methyl sites for hydroxylation is 3. The zero-order valence-corrected chi connectivity index (χ0v) is 11.2. The van der Waals surface area contributed by atoms with Gasteiger partial charge < -0.3 is 10.7 Å². The number of rotatable bonds is 2. The third kappa shape index (κ3) is 2.57. The highest BCUT2D eigenvalue weighted by molar-refractivity contribution is 5.93. The predicted octanol–water partition coefficient (Wildman–Crippen LogP) is 2.07. The molecule has 0 saturated carbocycles. The van der Waals surface area contributed by atoms with Gasteiger partial charge >= 0.3 is 0 Å². The van der Waals surface area contributed by atoms with Crippen LogP contribution < -0.4 is 11.3 Å². The topological polar surface area (TPSA) is 76.0 Å². The van der Waals surface area contributed by atoms with Crippen LogP contribution in [0.25, 0.3) is 11.1 Å². The number of nitrogens with one attached hydrogen (secondary N) is 1. The Morgan fingerprint density at radius 1 is 1.05 bits per heavy atom. The standard InChI is InChI=1S/C15H16N2O2/c1-8-4-9(2)6-11(5-8)12-7-13(14(16)18)15(19)17-10(12)3/h4-7H,1-3H3,(H2,16,18)(H,17,19). The van der Waals surface area contributed by atoms with E-state index in [2.05, 4.69) is 11.1 Å². The summed E-state index contributed by atoms with van der Waals surface area (Å²) >= 11 is 0. The van der Waals surface area contributed by atoms with Crippen molar-refractivity contribution >= 4 is 5.91 Å². The lowest BCUT2D eigenvalue weighted by Gasteiger charge is -2.09. The third-order valence-electron chi connectivity index (χ3n) is 3.04. The lowest BCUT2D eigenvalue weighted by atomic mass is 9.98. The minimum atomic E-state index is -0.716. The van der Waals surface area contributed by atoms with Crippen molar-refractivity contribution in [1.82, 2.24) is 4.98 Å². The second-order valence-electron chi connectivity index (χ2n) is 4.79. The number of pyridine rings is 1. The van der Waals surface area contributed by atoms with Crippen molar-refractivity contribution in [3.63, 3.8) is 0 Å². The molecule has 0 unspecified atom stereocenters. The highest BCUT2D eigenvalue weighted by Crippen LogP contribution is 2.24. The number of aromatic amines is 1. The summed E-state index contributed by atoms with van der Waals surface area (Å²) < 4.78 is 0. The Morgan fingerprint density at radius 2 is 1.63 bits per heavy atom. The Bertz CT molecular complexity index is 694. The van der Waals surface area contributed by atoms with Crippen molar-refractivity contribution in [3.8, 4) is 11.1 Å². The first-order valence-corrected chi connectivity index (χ1v) is 6.01. The molecule has 4 heteroatoms. The van der Waals surface area contributed by atoms with Crippen LogP contribution in [0.15, 0.2) is 29.1 Å². The van der Waals surface area contributed by atoms with Crippen molar-refractivity contribution in [2.75, 3.05) is 0 Å². The van der Waals surface area contributed by atoms with Gasteiger partial charge in [-0.2, -0.15) is 0 Å². The van der Waals surface area contributed by atoms with Gasteiger partial charge in [-0.25, -0.2) is 0 Å². The number of carbonyl (C=O) groups excluding carboxylic acids is 1. The quantitative estimate of drug-likeness (QED) is 0.863. The maximum Gasteiger partial charge on any atom is 0.261 e. The minimum absolute atomic E-state index is 0.0141. The molecule has 0 atom stereocenters. The zero-order valence-electron chi connectivity index (χ0n) is 11.2. The summed E-state index contributed by atoms with van der Waals surface area (Å²) in [6.45, 7) is 5.82. The molecule has 3 N–H and O–H groups in total. The van der Waals surface area contributed by atoms with Gasteiger partial charge in [0.15, 0.2) is 0 Å². The first kappa shape index (κ1) is 13.1. The van der Waals surface area contributed by atoms with Crippen LogP contribution in [0, 0.1) is 20.8 Å². The number of benzene rings is 1. The van der Waals surface area contributed by atoms with Gasteiger partial charge in [0.05, 0.1) is 0 Å². The molecule has 0 radical (unpaired) electrons. The number of carbonyl (C=O) groups is 1. The van der Waals surface area contributed by atoms with Gasteiger partial charge in [0, 0.05) is 11.3 Å². The smallest absolute Gasteiger partial charge is 0.261 e. The molecule has 1 amide bonds. The highest BCUT2D eigenvalue weighted by Gasteiger charge is 2.12. The largest absolute Gasteiger partial charge is 0.365 e. The number of nitrogens with two attached hydrogens (primary N) is 1. The molecular weight excluding hydrogens is 240 g/mol. The van der Waals surface area contributed by atoms with Gasteiger partial charge in [0.2, 0.25) is 0 Å². The van der Waals surface area contributed by atoms with Crippen molar-refractivity contribution in [3.05, 3.63) is 57.0 Å². The Balaban J connectivity index is 2.71. The molecule has 98 valence electrons. The van der Waals surface area contributed by atoms with E-state index in [-0.39, 0.29) is 5.56 Å². The van der Waals surface area contributed by atoms with Crippen molar-refractivity contribution in [2.24, 2.45) is 5.73 Å². The maximum atomic E-state index is 11.6. The summed E-state index contributed by atoms with van der Waals surface area (Å²) in [6.07, 6.45) is 0. The molecule has 1 aromatic heterocycles. The van der Waals surface area contributed by atoms with Crippen LogP contribution in [0.3, 0.4) is 0 Å². The molecule has 4 nitrogen and oxygen atoms in total. The maximum absolute atomic E-state index is 11.6. The van der Waals surface area contributed by atoms with E-state index in [0.29, 0.717) is 0 Å². The average Bonchev–Trinajstić information content (AvgIpc) is 2.26. The molecule has 2 rings (SSSR count). The normalized spacial score (nSPS) is 10.5. The minimum Gasteiger partial charge on any atom is -0.365 e. The van der Waals surface area contributed by atoms with E-state index < -0.39 is 11.5 Å². The first-order valence-electron chi connectivity index (χ1n) is 6.01. The number of aromatic nitrogens is 1. The van der Waals surface area contributed by atoms with Crippen LogP contribution in [-0.2, 0) is 0 Å². The Hall–Kier alpha value is -2.36.